The molecule has 1 unspecified atom stereocenters. The highest BCUT2D eigenvalue weighted by Crippen LogP contribution is 2.16. The third-order valence-electron chi connectivity index (χ3n) is 2.57. The number of nitrogens with two attached hydrogens (primary N) is 1. The van der Waals surface area contributed by atoms with Gasteiger partial charge in [-0.3, -0.25) is 4.79 Å². The molecule has 0 saturated carbocycles. The van der Waals surface area contributed by atoms with Crippen LogP contribution in [0.5, 0.6) is 0 Å². The molecule has 1 amide bonds. The van der Waals surface area contributed by atoms with Crippen LogP contribution in [0.25, 0.3) is 0 Å². The SMILES string of the molecule is C[C@@H](CN)NC(=O)CSCC1CCCCO1.Cl. The number of thioether (sulfide) groups is 1. The molecule has 1 fully saturated rings. The van der Waals surface area contributed by atoms with Crippen molar-refractivity contribution in [3.63, 3.8) is 0 Å². The molecule has 1 rings (SSSR count). The maximum atomic E-state index is 11.4. The Hall–Kier alpha value is 0.0300. The molecule has 0 aromatic rings. The van der Waals surface area contributed by atoms with Crippen LogP contribution in [0.3, 0.4) is 0 Å². The zero-order valence-corrected chi connectivity index (χ0v) is 11.9. The lowest BCUT2D eigenvalue weighted by Crippen LogP contribution is -2.39. The van der Waals surface area contributed by atoms with Crippen LogP contribution < -0.4 is 11.1 Å². The van der Waals surface area contributed by atoms with Crippen LogP contribution >= 0.6 is 24.2 Å². The van der Waals surface area contributed by atoms with Gasteiger partial charge in [-0.1, -0.05) is 0 Å². The summed E-state index contributed by atoms with van der Waals surface area (Å²) in [7, 11) is 0. The summed E-state index contributed by atoms with van der Waals surface area (Å²) in [6, 6.07) is 0.0685. The van der Waals surface area contributed by atoms with Crippen LogP contribution in [-0.2, 0) is 9.53 Å². The van der Waals surface area contributed by atoms with Crippen molar-refractivity contribution in [2.75, 3.05) is 24.7 Å². The average molecular weight is 283 g/mol. The van der Waals surface area contributed by atoms with Crippen molar-refractivity contribution < 1.29 is 9.53 Å². The molecule has 2 atom stereocenters. The first-order valence-corrected chi connectivity index (χ1v) is 7.06. The van der Waals surface area contributed by atoms with Crippen molar-refractivity contribution in [3.8, 4) is 0 Å². The summed E-state index contributed by atoms with van der Waals surface area (Å²) in [6.07, 6.45) is 3.91. The smallest absolute Gasteiger partial charge is 0.230 e. The van der Waals surface area contributed by atoms with Crippen LogP contribution in [0.15, 0.2) is 0 Å². The summed E-state index contributed by atoms with van der Waals surface area (Å²) in [5, 5.41) is 2.84. The van der Waals surface area contributed by atoms with Gasteiger partial charge in [-0.25, -0.2) is 0 Å². The molecular weight excluding hydrogens is 260 g/mol. The number of carbonyl (C=O) groups excluding carboxylic acids is 1. The molecule has 0 radical (unpaired) electrons. The van der Waals surface area contributed by atoms with Crippen molar-refractivity contribution in [2.45, 2.75) is 38.3 Å². The monoisotopic (exact) mass is 282 g/mol. The van der Waals surface area contributed by atoms with E-state index in [-0.39, 0.29) is 24.4 Å². The van der Waals surface area contributed by atoms with E-state index in [0.29, 0.717) is 18.4 Å². The molecule has 3 N–H and O–H groups in total. The number of hydrogen-bond acceptors (Lipinski definition) is 4. The second-order valence-electron chi connectivity index (χ2n) is 4.21. The highest BCUT2D eigenvalue weighted by molar-refractivity contribution is 7.99. The normalized spacial score (nSPS) is 21.4. The lowest BCUT2D eigenvalue weighted by atomic mass is 10.1. The Kier molecular flexibility index (Phi) is 10.0. The van der Waals surface area contributed by atoms with Gasteiger partial charge in [0.2, 0.25) is 5.91 Å². The Morgan fingerprint density at radius 2 is 2.35 bits per heavy atom. The van der Waals surface area contributed by atoms with Crippen LogP contribution in [0.4, 0.5) is 0 Å². The van der Waals surface area contributed by atoms with Gasteiger partial charge >= 0.3 is 0 Å². The molecule has 1 aliphatic heterocycles. The Labute approximate surface area is 114 Å². The van der Waals surface area contributed by atoms with Gasteiger partial charge in [0.1, 0.15) is 0 Å². The zero-order chi connectivity index (χ0) is 11.8. The molecule has 6 heteroatoms. The minimum absolute atomic E-state index is 0. The fourth-order valence-electron chi connectivity index (χ4n) is 1.60. The van der Waals surface area contributed by atoms with Crippen molar-refractivity contribution in [1.82, 2.24) is 5.32 Å². The van der Waals surface area contributed by atoms with Gasteiger partial charge < -0.3 is 15.8 Å². The molecule has 0 aromatic heterocycles. The minimum atomic E-state index is 0. The summed E-state index contributed by atoms with van der Waals surface area (Å²) in [5.41, 5.74) is 5.42. The molecular formula is C11H23ClN2O2S. The number of amides is 1. The van der Waals surface area contributed by atoms with Gasteiger partial charge in [-0.15, -0.1) is 24.2 Å². The average Bonchev–Trinajstić information content (AvgIpc) is 2.30. The Bertz CT molecular complexity index is 214. The molecule has 1 aliphatic rings. The number of ether oxygens (including phenoxy) is 1. The molecule has 0 spiro atoms. The zero-order valence-electron chi connectivity index (χ0n) is 10.3. The lowest BCUT2D eigenvalue weighted by molar-refractivity contribution is -0.119. The maximum absolute atomic E-state index is 11.4. The summed E-state index contributed by atoms with van der Waals surface area (Å²) < 4.78 is 5.59. The van der Waals surface area contributed by atoms with E-state index in [4.69, 9.17) is 10.5 Å². The molecule has 0 bridgehead atoms. The first kappa shape index (κ1) is 17.0. The number of rotatable bonds is 6. The highest BCUT2D eigenvalue weighted by atomic mass is 35.5. The number of hydrogen-bond donors (Lipinski definition) is 2. The minimum Gasteiger partial charge on any atom is -0.377 e. The van der Waals surface area contributed by atoms with E-state index in [2.05, 4.69) is 5.32 Å². The van der Waals surface area contributed by atoms with E-state index in [1.165, 1.54) is 12.8 Å². The summed E-state index contributed by atoms with van der Waals surface area (Å²) in [4.78, 5) is 11.4. The third-order valence-corrected chi connectivity index (χ3v) is 3.65. The Balaban J connectivity index is 0.00000256. The second-order valence-corrected chi connectivity index (χ2v) is 5.24. The van der Waals surface area contributed by atoms with E-state index in [9.17, 15) is 4.79 Å². The standard InChI is InChI=1S/C11H22N2O2S.ClH/c1-9(6-12)13-11(14)8-16-7-10-4-2-3-5-15-10;/h9-10H,2-8,12H2,1H3,(H,13,14);1H/t9-,10?;/m0./s1. The van der Waals surface area contributed by atoms with Crippen molar-refractivity contribution >= 4 is 30.1 Å². The lowest BCUT2D eigenvalue weighted by Gasteiger charge is -2.22. The Morgan fingerprint density at radius 1 is 1.59 bits per heavy atom. The summed E-state index contributed by atoms with van der Waals surface area (Å²) in [6.45, 7) is 3.27. The predicted molar refractivity (Wildman–Crippen MR) is 74.8 cm³/mol. The molecule has 4 nitrogen and oxygen atoms in total. The predicted octanol–water partition coefficient (Wildman–Crippen LogP) is 1.17. The van der Waals surface area contributed by atoms with E-state index in [0.717, 1.165) is 18.8 Å². The fraction of sp³-hybridized carbons (Fsp3) is 0.909. The van der Waals surface area contributed by atoms with Crippen molar-refractivity contribution in [2.24, 2.45) is 5.73 Å². The summed E-state index contributed by atoms with van der Waals surface area (Å²) in [5.74, 6) is 1.49. The topological polar surface area (TPSA) is 64.3 Å². The van der Waals surface area contributed by atoms with Crippen LogP contribution in [0.1, 0.15) is 26.2 Å². The van der Waals surface area contributed by atoms with Crippen LogP contribution in [-0.4, -0.2) is 42.7 Å². The molecule has 0 aliphatic carbocycles. The van der Waals surface area contributed by atoms with Gasteiger partial charge in [0.15, 0.2) is 0 Å². The molecule has 1 saturated heterocycles. The first-order chi connectivity index (χ1) is 7.72. The Morgan fingerprint density at radius 3 is 2.94 bits per heavy atom. The van der Waals surface area contributed by atoms with E-state index in [1.807, 2.05) is 6.92 Å². The number of carbonyl (C=O) groups is 1. The first-order valence-electron chi connectivity index (χ1n) is 5.91. The number of halogens is 1. The molecule has 17 heavy (non-hydrogen) atoms. The van der Waals surface area contributed by atoms with Gasteiger partial charge in [-0.05, 0) is 26.2 Å². The fourth-order valence-corrected chi connectivity index (χ4v) is 2.51. The van der Waals surface area contributed by atoms with Gasteiger partial charge in [0.25, 0.3) is 0 Å². The third kappa shape index (κ3) is 7.86. The molecule has 1 heterocycles. The van der Waals surface area contributed by atoms with Gasteiger partial charge in [-0.2, -0.15) is 0 Å². The summed E-state index contributed by atoms with van der Waals surface area (Å²) >= 11 is 1.64. The van der Waals surface area contributed by atoms with Crippen molar-refractivity contribution in [3.05, 3.63) is 0 Å². The molecule has 0 aromatic carbocycles. The highest BCUT2D eigenvalue weighted by Gasteiger charge is 2.14. The largest absolute Gasteiger partial charge is 0.377 e. The molecule has 102 valence electrons. The van der Waals surface area contributed by atoms with E-state index in [1.54, 1.807) is 11.8 Å². The maximum Gasteiger partial charge on any atom is 0.230 e. The van der Waals surface area contributed by atoms with Gasteiger partial charge in [0, 0.05) is 24.9 Å². The quantitative estimate of drug-likeness (QED) is 0.768. The van der Waals surface area contributed by atoms with Crippen LogP contribution in [0.2, 0.25) is 0 Å². The van der Waals surface area contributed by atoms with Crippen LogP contribution in [0, 0.1) is 0 Å². The van der Waals surface area contributed by atoms with Crippen molar-refractivity contribution in [1.29, 1.82) is 0 Å². The van der Waals surface area contributed by atoms with E-state index < -0.39 is 0 Å². The second kappa shape index (κ2) is 10.00. The number of nitrogens with one attached hydrogen (secondary N) is 1. The van der Waals surface area contributed by atoms with Gasteiger partial charge in [0.05, 0.1) is 11.9 Å². The van der Waals surface area contributed by atoms with E-state index >= 15 is 0 Å².